The van der Waals surface area contributed by atoms with Crippen molar-refractivity contribution in [1.82, 2.24) is 19.9 Å². The summed E-state index contributed by atoms with van der Waals surface area (Å²) in [4.78, 5) is 27.6. The van der Waals surface area contributed by atoms with Crippen molar-refractivity contribution >= 4 is 22.8 Å². The maximum absolute atomic E-state index is 12.9. The van der Waals surface area contributed by atoms with E-state index in [0.717, 1.165) is 36.5 Å². The highest BCUT2D eigenvalue weighted by molar-refractivity contribution is 6.11. The van der Waals surface area contributed by atoms with Crippen LogP contribution >= 0.6 is 0 Å². The molecule has 8 nitrogen and oxygen atoms in total. The predicted molar refractivity (Wildman–Crippen MR) is 136 cm³/mol. The molecule has 2 N–H and O–H groups in total. The smallest absolute Gasteiger partial charge is 0.259 e. The van der Waals surface area contributed by atoms with Gasteiger partial charge in [0.1, 0.15) is 29.5 Å². The van der Waals surface area contributed by atoms with Crippen LogP contribution in [-0.2, 0) is 4.74 Å². The van der Waals surface area contributed by atoms with Crippen molar-refractivity contribution in [2.24, 2.45) is 0 Å². The van der Waals surface area contributed by atoms with E-state index in [-0.39, 0.29) is 18.1 Å². The number of benzene rings is 2. The van der Waals surface area contributed by atoms with Gasteiger partial charge in [0.25, 0.3) is 5.91 Å². The van der Waals surface area contributed by atoms with Gasteiger partial charge in [0, 0.05) is 25.8 Å². The van der Waals surface area contributed by atoms with Crippen LogP contribution in [-0.4, -0.2) is 64.2 Å². The zero-order valence-electron chi connectivity index (χ0n) is 19.9. The number of hydrogen-bond acceptors (Lipinski definition) is 6. The fraction of sp³-hybridized carbons (Fsp3) is 0.296. The number of ether oxygens (including phenoxy) is 2. The number of H-pyrrole nitrogens is 1. The number of hydrogen-bond donors (Lipinski definition) is 2. The van der Waals surface area contributed by atoms with Crippen molar-refractivity contribution in [3.8, 4) is 17.1 Å². The zero-order valence-corrected chi connectivity index (χ0v) is 19.9. The molecule has 1 aliphatic heterocycles. The number of carbonyl (C=O) groups excluding carboxylic acids is 1. The maximum Gasteiger partial charge on any atom is 0.259 e. The minimum atomic E-state index is -0.258. The van der Waals surface area contributed by atoms with Crippen molar-refractivity contribution in [3.63, 3.8) is 0 Å². The molecular weight excluding hydrogens is 442 g/mol. The largest absolute Gasteiger partial charge is 0.491 e. The van der Waals surface area contributed by atoms with E-state index in [1.165, 1.54) is 0 Å². The number of pyridine rings is 1. The standard InChI is InChI=1S/C27H29N5O3/c1-18-16-32(17-19(2)35-18)14-15-34-23-11-4-3-8-20(23)26-29-22-10-7-9-21(25(22)31-26)27(33)30-24-12-5-6-13-28-24/h3-13,18-19H,14-17H2,1-2H3,(H,29,31)(H,28,30,33)/t18-,19+. The number of amides is 1. The van der Waals surface area contributed by atoms with E-state index < -0.39 is 0 Å². The van der Waals surface area contributed by atoms with Gasteiger partial charge in [-0.15, -0.1) is 0 Å². The molecule has 0 saturated carbocycles. The third-order valence-corrected chi connectivity index (χ3v) is 5.97. The van der Waals surface area contributed by atoms with Gasteiger partial charge in [-0.25, -0.2) is 9.97 Å². The molecule has 5 rings (SSSR count). The number of para-hydroxylation sites is 2. The van der Waals surface area contributed by atoms with E-state index in [0.29, 0.717) is 29.3 Å². The summed E-state index contributed by atoms with van der Waals surface area (Å²) in [6.45, 7) is 7.40. The van der Waals surface area contributed by atoms with E-state index in [1.54, 1.807) is 24.4 Å². The van der Waals surface area contributed by atoms with Crippen molar-refractivity contribution in [2.45, 2.75) is 26.1 Å². The molecule has 0 spiro atoms. The molecule has 35 heavy (non-hydrogen) atoms. The summed E-state index contributed by atoms with van der Waals surface area (Å²) in [6.07, 6.45) is 2.09. The Morgan fingerprint density at radius 2 is 1.89 bits per heavy atom. The van der Waals surface area contributed by atoms with Gasteiger partial charge in [0.05, 0.1) is 28.9 Å². The normalized spacial score (nSPS) is 18.5. The van der Waals surface area contributed by atoms with Crippen LogP contribution in [0.3, 0.4) is 0 Å². The molecule has 3 heterocycles. The predicted octanol–water partition coefficient (Wildman–Crippen LogP) is 4.37. The van der Waals surface area contributed by atoms with Crippen LogP contribution in [0.4, 0.5) is 5.82 Å². The summed E-state index contributed by atoms with van der Waals surface area (Å²) < 4.78 is 12.0. The molecule has 1 amide bonds. The Morgan fingerprint density at radius 3 is 2.69 bits per heavy atom. The van der Waals surface area contributed by atoms with E-state index >= 15 is 0 Å². The summed E-state index contributed by atoms with van der Waals surface area (Å²) in [5.74, 6) is 1.64. The SMILES string of the molecule is C[C@@H]1CN(CCOc2ccccc2-c2nc3c(C(=O)Nc4ccccn4)cccc3[nH]2)C[C@H](C)O1. The first-order valence-electron chi connectivity index (χ1n) is 11.9. The van der Waals surface area contributed by atoms with Crippen LogP contribution < -0.4 is 10.1 Å². The maximum atomic E-state index is 12.9. The Kier molecular flexibility index (Phi) is 6.74. The average Bonchev–Trinajstić information content (AvgIpc) is 3.29. The number of aromatic amines is 1. The van der Waals surface area contributed by atoms with Crippen LogP contribution in [0, 0.1) is 0 Å². The van der Waals surface area contributed by atoms with Crippen LogP contribution in [0.15, 0.2) is 66.9 Å². The molecule has 1 fully saturated rings. The number of nitrogens with one attached hydrogen (secondary N) is 2. The lowest BCUT2D eigenvalue weighted by molar-refractivity contribution is -0.0699. The number of imidazole rings is 1. The first-order valence-corrected chi connectivity index (χ1v) is 11.9. The molecule has 2 aromatic carbocycles. The van der Waals surface area contributed by atoms with Crippen LogP contribution in [0.1, 0.15) is 24.2 Å². The first-order chi connectivity index (χ1) is 17.1. The van der Waals surface area contributed by atoms with Crippen LogP contribution in [0.2, 0.25) is 0 Å². The van der Waals surface area contributed by atoms with Crippen LogP contribution in [0.25, 0.3) is 22.4 Å². The summed E-state index contributed by atoms with van der Waals surface area (Å²) in [7, 11) is 0. The highest BCUT2D eigenvalue weighted by Gasteiger charge is 2.22. The summed E-state index contributed by atoms with van der Waals surface area (Å²) >= 11 is 0. The van der Waals surface area contributed by atoms with Gasteiger partial charge in [-0.3, -0.25) is 9.69 Å². The van der Waals surface area contributed by atoms with Gasteiger partial charge in [-0.1, -0.05) is 24.3 Å². The Balaban J connectivity index is 1.34. The van der Waals surface area contributed by atoms with Gasteiger partial charge in [0.2, 0.25) is 0 Å². The molecule has 1 saturated heterocycles. The fourth-order valence-electron chi connectivity index (χ4n) is 4.50. The lowest BCUT2D eigenvalue weighted by Crippen LogP contribution is -2.46. The number of morpholine rings is 1. The number of nitrogens with zero attached hydrogens (tertiary/aromatic N) is 3. The molecular formula is C27H29N5O3. The molecule has 2 aromatic heterocycles. The average molecular weight is 472 g/mol. The summed E-state index contributed by atoms with van der Waals surface area (Å²) in [5.41, 5.74) is 2.70. The number of carbonyl (C=O) groups is 1. The van der Waals surface area contributed by atoms with E-state index in [4.69, 9.17) is 14.5 Å². The van der Waals surface area contributed by atoms with Crippen molar-refractivity contribution in [1.29, 1.82) is 0 Å². The van der Waals surface area contributed by atoms with E-state index in [9.17, 15) is 4.79 Å². The van der Waals surface area contributed by atoms with Gasteiger partial charge in [0.15, 0.2) is 0 Å². The molecule has 2 atom stereocenters. The first kappa shape index (κ1) is 23.0. The number of aromatic nitrogens is 3. The van der Waals surface area contributed by atoms with Gasteiger partial charge < -0.3 is 19.8 Å². The fourth-order valence-corrected chi connectivity index (χ4v) is 4.50. The van der Waals surface area contributed by atoms with Gasteiger partial charge >= 0.3 is 0 Å². The second kappa shape index (κ2) is 10.2. The lowest BCUT2D eigenvalue weighted by atomic mass is 10.1. The van der Waals surface area contributed by atoms with Crippen molar-refractivity contribution in [3.05, 3.63) is 72.4 Å². The molecule has 4 aromatic rings. The third-order valence-electron chi connectivity index (χ3n) is 5.97. The molecule has 1 aliphatic rings. The highest BCUT2D eigenvalue weighted by atomic mass is 16.5. The minimum Gasteiger partial charge on any atom is -0.491 e. The molecule has 180 valence electrons. The van der Waals surface area contributed by atoms with Crippen LogP contribution in [0.5, 0.6) is 5.75 Å². The van der Waals surface area contributed by atoms with Crippen molar-refractivity contribution < 1.29 is 14.3 Å². The Hall–Kier alpha value is -3.75. The van der Waals surface area contributed by atoms with E-state index in [2.05, 4.69) is 34.0 Å². The third kappa shape index (κ3) is 5.34. The lowest BCUT2D eigenvalue weighted by Gasteiger charge is -2.35. The zero-order chi connectivity index (χ0) is 24.2. The molecule has 0 bridgehead atoms. The molecule has 8 heteroatoms. The monoisotopic (exact) mass is 471 g/mol. The Labute approximate surface area is 204 Å². The summed E-state index contributed by atoms with van der Waals surface area (Å²) in [5, 5.41) is 2.83. The Morgan fingerprint density at radius 1 is 1.09 bits per heavy atom. The summed E-state index contributed by atoms with van der Waals surface area (Å²) in [6, 6.07) is 18.7. The van der Waals surface area contributed by atoms with Crippen molar-refractivity contribution in [2.75, 3.05) is 31.6 Å². The van der Waals surface area contributed by atoms with E-state index in [1.807, 2.05) is 42.5 Å². The van der Waals surface area contributed by atoms with Gasteiger partial charge in [-0.2, -0.15) is 0 Å². The molecule has 0 unspecified atom stereocenters. The second-order valence-corrected chi connectivity index (χ2v) is 8.82. The second-order valence-electron chi connectivity index (χ2n) is 8.82. The highest BCUT2D eigenvalue weighted by Crippen LogP contribution is 2.30. The Bertz CT molecular complexity index is 1300. The number of fused-ring (bicyclic) bond motifs is 1. The van der Waals surface area contributed by atoms with Gasteiger partial charge in [-0.05, 0) is 50.2 Å². The number of rotatable bonds is 7. The topological polar surface area (TPSA) is 92.4 Å². The number of anilines is 1. The molecule has 0 aliphatic carbocycles. The minimum absolute atomic E-state index is 0.227. The molecule has 0 radical (unpaired) electrons. The quantitative estimate of drug-likeness (QED) is 0.416.